The van der Waals surface area contributed by atoms with E-state index in [0.717, 1.165) is 5.56 Å². The first-order chi connectivity index (χ1) is 8.70. The van der Waals surface area contributed by atoms with Crippen LogP contribution in [0, 0.1) is 17.8 Å². The van der Waals surface area contributed by atoms with Gasteiger partial charge in [-0.05, 0) is 43.9 Å². The highest BCUT2D eigenvalue weighted by molar-refractivity contribution is 5.94. The Kier molecular flexibility index (Phi) is 4.01. The Morgan fingerprint density at radius 2 is 2.33 bits per heavy atom. The number of rotatable bonds is 3. The van der Waals surface area contributed by atoms with Gasteiger partial charge in [0.1, 0.15) is 6.61 Å². The highest BCUT2D eigenvalue weighted by Crippen LogP contribution is 2.32. The standard InChI is InChI=1S/C15H17NO2/c1-11(13-7-8-13)16-15(18)14-6-2-4-12(10-14)5-3-9-17/h2,4,6,10-11,13,17H,7-9H2,1H3,(H,16,18). The van der Waals surface area contributed by atoms with E-state index in [-0.39, 0.29) is 18.6 Å². The Morgan fingerprint density at radius 3 is 3.00 bits per heavy atom. The van der Waals surface area contributed by atoms with Crippen LogP contribution in [-0.4, -0.2) is 23.7 Å². The minimum absolute atomic E-state index is 0.0537. The summed E-state index contributed by atoms with van der Waals surface area (Å²) in [5.41, 5.74) is 1.36. The summed E-state index contributed by atoms with van der Waals surface area (Å²) in [6.45, 7) is 1.88. The molecule has 1 aromatic carbocycles. The summed E-state index contributed by atoms with van der Waals surface area (Å²) < 4.78 is 0. The summed E-state index contributed by atoms with van der Waals surface area (Å²) in [4.78, 5) is 12.0. The van der Waals surface area contributed by atoms with E-state index >= 15 is 0 Å². The highest BCUT2D eigenvalue weighted by Gasteiger charge is 2.28. The number of aliphatic hydroxyl groups is 1. The molecule has 1 fully saturated rings. The van der Waals surface area contributed by atoms with E-state index in [2.05, 4.69) is 17.2 Å². The summed E-state index contributed by atoms with van der Waals surface area (Å²) in [6.07, 6.45) is 2.42. The van der Waals surface area contributed by atoms with Crippen molar-refractivity contribution in [3.8, 4) is 11.8 Å². The van der Waals surface area contributed by atoms with Gasteiger partial charge in [0.25, 0.3) is 5.91 Å². The molecule has 0 bridgehead atoms. The SMILES string of the molecule is CC(NC(=O)c1cccc(C#CCO)c1)C1CC1. The van der Waals surface area contributed by atoms with E-state index < -0.39 is 0 Å². The van der Waals surface area contributed by atoms with E-state index in [1.165, 1.54) is 12.8 Å². The van der Waals surface area contributed by atoms with Gasteiger partial charge >= 0.3 is 0 Å². The summed E-state index contributed by atoms with van der Waals surface area (Å²) >= 11 is 0. The minimum Gasteiger partial charge on any atom is -0.384 e. The van der Waals surface area contributed by atoms with Crippen LogP contribution in [0.4, 0.5) is 0 Å². The predicted molar refractivity (Wildman–Crippen MR) is 70.1 cm³/mol. The third-order valence-electron chi connectivity index (χ3n) is 3.12. The number of carbonyl (C=O) groups excluding carboxylic acids is 1. The number of aliphatic hydroxyl groups excluding tert-OH is 1. The number of amides is 1. The Bertz CT molecular complexity index is 495. The summed E-state index contributed by atoms with van der Waals surface area (Å²) in [7, 11) is 0. The van der Waals surface area contributed by atoms with Crippen LogP contribution in [0.3, 0.4) is 0 Å². The van der Waals surface area contributed by atoms with Crippen molar-refractivity contribution in [3.63, 3.8) is 0 Å². The fraction of sp³-hybridized carbons (Fsp3) is 0.400. The van der Waals surface area contributed by atoms with Crippen molar-refractivity contribution in [3.05, 3.63) is 35.4 Å². The zero-order valence-corrected chi connectivity index (χ0v) is 10.4. The average Bonchev–Trinajstić information content (AvgIpc) is 3.21. The van der Waals surface area contributed by atoms with Crippen molar-refractivity contribution in [2.45, 2.75) is 25.8 Å². The Balaban J connectivity index is 2.04. The fourth-order valence-corrected chi connectivity index (χ4v) is 1.88. The highest BCUT2D eigenvalue weighted by atomic mass is 16.2. The number of carbonyl (C=O) groups is 1. The smallest absolute Gasteiger partial charge is 0.251 e. The lowest BCUT2D eigenvalue weighted by Gasteiger charge is -2.12. The molecule has 2 rings (SSSR count). The number of benzene rings is 1. The second-order valence-corrected chi connectivity index (χ2v) is 4.64. The molecule has 3 nitrogen and oxygen atoms in total. The molecule has 18 heavy (non-hydrogen) atoms. The Labute approximate surface area is 107 Å². The van der Waals surface area contributed by atoms with Gasteiger partial charge in [-0.15, -0.1) is 0 Å². The molecule has 0 radical (unpaired) electrons. The van der Waals surface area contributed by atoms with Gasteiger partial charge in [-0.25, -0.2) is 0 Å². The van der Waals surface area contributed by atoms with Gasteiger partial charge in [0.15, 0.2) is 0 Å². The Morgan fingerprint density at radius 1 is 1.56 bits per heavy atom. The second-order valence-electron chi connectivity index (χ2n) is 4.64. The van der Waals surface area contributed by atoms with Gasteiger partial charge in [-0.2, -0.15) is 0 Å². The van der Waals surface area contributed by atoms with Crippen LogP contribution in [-0.2, 0) is 0 Å². The minimum atomic E-state index is -0.171. The van der Waals surface area contributed by atoms with Crippen molar-refractivity contribution in [2.75, 3.05) is 6.61 Å². The largest absolute Gasteiger partial charge is 0.384 e. The topological polar surface area (TPSA) is 49.3 Å². The molecule has 0 aromatic heterocycles. The average molecular weight is 243 g/mol. The van der Waals surface area contributed by atoms with Crippen LogP contribution >= 0.6 is 0 Å². The predicted octanol–water partition coefficient (Wildman–Crippen LogP) is 1.56. The molecule has 1 aliphatic rings. The monoisotopic (exact) mass is 243 g/mol. The van der Waals surface area contributed by atoms with Gasteiger partial charge in [0.05, 0.1) is 0 Å². The van der Waals surface area contributed by atoms with E-state index in [0.29, 0.717) is 11.5 Å². The van der Waals surface area contributed by atoms with Crippen LogP contribution < -0.4 is 5.32 Å². The van der Waals surface area contributed by atoms with Gasteiger partial charge in [0.2, 0.25) is 0 Å². The molecule has 0 saturated heterocycles. The maximum Gasteiger partial charge on any atom is 0.251 e. The van der Waals surface area contributed by atoms with Gasteiger partial charge in [0, 0.05) is 17.2 Å². The van der Waals surface area contributed by atoms with Crippen molar-refractivity contribution in [1.29, 1.82) is 0 Å². The normalized spacial score (nSPS) is 15.4. The summed E-state index contributed by atoms with van der Waals surface area (Å²) in [6, 6.07) is 7.39. The third kappa shape index (κ3) is 3.35. The first kappa shape index (κ1) is 12.7. The van der Waals surface area contributed by atoms with Crippen LogP contribution in [0.2, 0.25) is 0 Å². The van der Waals surface area contributed by atoms with Crippen molar-refractivity contribution < 1.29 is 9.90 Å². The van der Waals surface area contributed by atoms with E-state index in [1.54, 1.807) is 18.2 Å². The third-order valence-corrected chi connectivity index (χ3v) is 3.12. The summed E-state index contributed by atoms with van der Waals surface area (Å²) in [5, 5.41) is 11.6. The zero-order chi connectivity index (χ0) is 13.0. The molecule has 0 aliphatic heterocycles. The molecule has 1 aliphatic carbocycles. The van der Waals surface area contributed by atoms with Crippen molar-refractivity contribution in [1.82, 2.24) is 5.32 Å². The molecule has 1 saturated carbocycles. The number of hydrogen-bond acceptors (Lipinski definition) is 2. The number of nitrogens with one attached hydrogen (secondary N) is 1. The molecule has 0 spiro atoms. The molecular formula is C15H17NO2. The first-order valence-electron chi connectivity index (χ1n) is 6.21. The summed E-state index contributed by atoms with van der Waals surface area (Å²) in [5.74, 6) is 5.96. The molecule has 3 heteroatoms. The quantitative estimate of drug-likeness (QED) is 0.791. The van der Waals surface area contributed by atoms with Crippen molar-refractivity contribution in [2.24, 2.45) is 5.92 Å². The molecule has 2 N–H and O–H groups in total. The van der Waals surface area contributed by atoms with Gasteiger partial charge < -0.3 is 10.4 Å². The molecule has 1 atom stereocenters. The molecule has 1 unspecified atom stereocenters. The molecule has 94 valence electrons. The van der Waals surface area contributed by atoms with E-state index in [1.807, 2.05) is 13.0 Å². The maximum atomic E-state index is 12.0. The molecule has 0 heterocycles. The van der Waals surface area contributed by atoms with Crippen LogP contribution in [0.15, 0.2) is 24.3 Å². The fourth-order valence-electron chi connectivity index (χ4n) is 1.88. The van der Waals surface area contributed by atoms with Crippen LogP contribution in [0.25, 0.3) is 0 Å². The number of hydrogen-bond donors (Lipinski definition) is 2. The van der Waals surface area contributed by atoms with Gasteiger partial charge in [-0.1, -0.05) is 17.9 Å². The zero-order valence-electron chi connectivity index (χ0n) is 10.4. The molecule has 1 amide bonds. The molecular weight excluding hydrogens is 226 g/mol. The van der Waals surface area contributed by atoms with E-state index in [9.17, 15) is 4.79 Å². The van der Waals surface area contributed by atoms with Crippen LogP contribution in [0.1, 0.15) is 35.7 Å². The van der Waals surface area contributed by atoms with Crippen LogP contribution in [0.5, 0.6) is 0 Å². The van der Waals surface area contributed by atoms with Crippen molar-refractivity contribution >= 4 is 5.91 Å². The van der Waals surface area contributed by atoms with Gasteiger partial charge in [-0.3, -0.25) is 4.79 Å². The first-order valence-corrected chi connectivity index (χ1v) is 6.21. The maximum absolute atomic E-state index is 12.0. The van der Waals surface area contributed by atoms with E-state index in [4.69, 9.17) is 5.11 Å². The second kappa shape index (κ2) is 5.70. The lowest BCUT2D eigenvalue weighted by Crippen LogP contribution is -2.33. The Hall–Kier alpha value is -1.79. The molecule has 1 aromatic rings. The lowest BCUT2D eigenvalue weighted by atomic mass is 10.1. The lowest BCUT2D eigenvalue weighted by molar-refractivity contribution is 0.0936.